The molecule has 0 saturated heterocycles. The highest BCUT2D eigenvalue weighted by Crippen LogP contribution is 2.36. The molecule has 202 valence electrons. The van der Waals surface area contributed by atoms with Gasteiger partial charge in [-0.3, -0.25) is 4.79 Å². The molecule has 0 aliphatic heterocycles. The second-order valence-electron chi connectivity index (χ2n) is 9.32. The summed E-state index contributed by atoms with van der Waals surface area (Å²) in [6.07, 6.45) is -0.754. The van der Waals surface area contributed by atoms with Gasteiger partial charge in [0.1, 0.15) is 9.88 Å². The van der Waals surface area contributed by atoms with Crippen LogP contribution in [-0.4, -0.2) is 35.0 Å². The van der Waals surface area contributed by atoms with Crippen LogP contribution in [0.5, 0.6) is 0 Å². The first-order valence-electron chi connectivity index (χ1n) is 12.2. The van der Waals surface area contributed by atoms with E-state index in [0.717, 1.165) is 11.3 Å². The highest BCUT2D eigenvalue weighted by atomic mass is 35.5. The van der Waals surface area contributed by atoms with Crippen LogP contribution in [0.25, 0.3) is 22.2 Å². The minimum absolute atomic E-state index is 0.112. The number of rotatable bonds is 7. The fourth-order valence-corrected chi connectivity index (χ4v) is 5.29. The molecule has 2 heterocycles. The number of fused-ring (bicyclic) bond motifs is 1. The number of nitrogens with zero attached hydrogens (tertiary/aromatic N) is 1. The summed E-state index contributed by atoms with van der Waals surface area (Å²) in [7, 11) is 0. The van der Waals surface area contributed by atoms with Gasteiger partial charge < -0.3 is 14.8 Å². The van der Waals surface area contributed by atoms with Crippen molar-refractivity contribution in [3.63, 3.8) is 0 Å². The number of ether oxygens (including phenoxy) is 2. The van der Waals surface area contributed by atoms with Crippen LogP contribution in [0.15, 0.2) is 48.5 Å². The molecule has 4 rings (SSSR count). The van der Waals surface area contributed by atoms with Gasteiger partial charge in [0.15, 0.2) is 0 Å². The number of nitrogens with one attached hydrogen (secondary N) is 1. The van der Waals surface area contributed by atoms with E-state index in [9.17, 15) is 14.4 Å². The Kier molecular flexibility index (Phi) is 8.59. The van der Waals surface area contributed by atoms with E-state index < -0.39 is 23.9 Å². The molecule has 1 amide bonds. The minimum atomic E-state index is -0.645. The topological polar surface area (TPSA) is 94.6 Å². The summed E-state index contributed by atoms with van der Waals surface area (Å²) < 4.78 is 10.8. The maximum Gasteiger partial charge on any atom is 0.348 e. The summed E-state index contributed by atoms with van der Waals surface area (Å²) in [6.45, 7) is 8.54. The molecule has 10 heteroatoms. The third-order valence-corrected chi connectivity index (χ3v) is 7.55. The standard InChI is InChI=1S/C29H26Cl2N2O5S/c1-14(2)37-28(35)24-16(5)25(29(36)38-15(3)4)39-27(24)33-26(34)19-13-23(17-10-11-20(30)21(31)12-17)32-22-9-7-6-8-18(19)22/h6-15H,1-5H3,(H,33,34). The van der Waals surface area contributed by atoms with Crippen molar-refractivity contribution >= 4 is 68.3 Å². The Bertz CT molecular complexity index is 1600. The normalized spacial score (nSPS) is 11.2. The Morgan fingerprint density at radius 2 is 1.56 bits per heavy atom. The second-order valence-corrected chi connectivity index (χ2v) is 11.2. The van der Waals surface area contributed by atoms with Crippen LogP contribution in [0.4, 0.5) is 5.00 Å². The molecule has 0 atom stereocenters. The van der Waals surface area contributed by atoms with Gasteiger partial charge >= 0.3 is 11.9 Å². The molecular formula is C29H26Cl2N2O5S. The SMILES string of the molecule is Cc1c(C(=O)OC(C)C)sc(NC(=O)c2cc(-c3ccc(Cl)c(Cl)c3)nc3ccccc23)c1C(=O)OC(C)C. The van der Waals surface area contributed by atoms with Crippen molar-refractivity contribution in [1.29, 1.82) is 0 Å². The van der Waals surface area contributed by atoms with E-state index in [1.54, 1.807) is 77.1 Å². The van der Waals surface area contributed by atoms with Crippen molar-refractivity contribution in [2.45, 2.75) is 46.8 Å². The third-order valence-electron chi connectivity index (χ3n) is 5.63. The smallest absolute Gasteiger partial charge is 0.348 e. The van der Waals surface area contributed by atoms with E-state index in [0.29, 0.717) is 43.3 Å². The van der Waals surface area contributed by atoms with Crippen molar-refractivity contribution in [2.24, 2.45) is 0 Å². The molecule has 39 heavy (non-hydrogen) atoms. The van der Waals surface area contributed by atoms with Crippen LogP contribution >= 0.6 is 34.5 Å². The van der Waals surface area contributed by atoms with Gasteiger partial charge in [-0.05, 0) is 64.4 Å². The van der Waals surface area contributed by atoms with Crippen LogP contribution in [0, 0.1) is 6.92 Å². The predicted octanol–water partition coefficient (Wildman–Crippen LogP) is 7.96. The Morgan fingerprint density at radius 3 is 2.23 bits per heavy atom. The number of pyridine rings is 1. The van der Waals surface area contributed by atoms with Gasteiger partial charge in [0.2, 0.25) is 0 Å². The number of halogens is 2. The zero-order chi connectivity index (χ0) is 28.4. The average molecular weight is 586 g/mol. The van der Waals surface area contributed by atoms with Crippen LogP contribution in [0.2, 0.25) is 10.0 Å². The molecule has 0 aliphatic rings. The molecule has 2 aromatic carbocycles. The van der Waals surface area contributed by atoms with Gasteiger partial charge in [-0.2, -0.15) is 0 Å². The van der Waals surface area contributed by atoms with Gasteiger partial charge in [-0.25, -0.2) is 14.6 Å². The van der Waals surface area contributed by atoms with E-state index in [1.165, 1.54) is 0 Å². The lowest BCUT2D eigenvalue weighted by atomic mass is 10.0. The van der Waals surface area contributed by atoms with Crippen LogP contribution in [-0.2, 0) is 9.47 Å². The van der Waals surface area contributed by atoms with Crippen LogP contribution in [0.1, 0.15) is 63.6 Å². The summed E-state index contributed by atoms with van der Waals surface area (Å²) >= 11 is 13.3. The Labute approximate surface area is 240 Å². The lowest BCUT2D eigenvalue weighted by Gasteiger charge is -2.12. The van der Waals surface area contributed by atoms with Crippen molar-refractivity contribution < 1.29 is 23.9 Å². The second kappa shape index (κ2) is 11.7. The summed E-state index contributed by atoms with van der Waals surface area (Å²) in [5.41, 5.74) is 2.59. The van der Waals surface area contributed by atoms with Gasteiger partial charge in [-0.15, -0.1) is 11.3 Å². The molecule has 0 saturated carbocycles. The van der Waals surface area contributed by atoms with Gasteiger partial charge in [-0.1, -0.05) is 47.5 Å². The monoisotopic (exact) mass is 584 g/mol. The molecule has 0 bridgehead atoms. The van der Waals surface area contributed by atoms with Gasteiger partial charge in [0.25, 0.3) is 5.91 Å². The minimum Gasteiger partial charge on any atom is -0.459 e. The summed E-state index contributed by atoms with van der Waals surface area (Å²) in [4.78, 5) is 44.5. The van der Waals surface area contributed by atoms with E-state index in [-0.39, 0.29) is 21.5 Å². The number of benzene rings is 2. The van der Waals surface area contributed by atoms with E-state index in [2.05, 4.69) is 5.32 Å². The quantitative estimate of drug-likeness (QED) is 0.221. The fourth-order valence-electron chi connectivity index (χ4n) is 3.92. The maximum absolute atomic E-state index is 13.8. The molecule has 0 radical (unpaired) electrons. The maximum atomic E-state index is 13.8. The number of aromatic nitrogens is 1. The highest BCUT2D eigenvalue weighted by Gasteiger charge is 2.29. The Hall–Kier alpha value is -3.46. The molecule has 7 nitrogen and oxygen atoms in total. The summed E-state index contributed by atoms with van der Waals surface area (Å²) in [5, 5.41) is 4.40. The largest absolute Gasteiger partial charge is 0.459 e. The fraction of sp³-hybridized carbons (Fsp3) is 0.241. The number of carbonyl (C=O) groups is 3. The number of anilines is 1. The third kappa shape index (κ3) is 6.24. The number of hydrogen-bond acceptors (Lipinski definition) is 7. The van der Waals surface area contributed by atoms with Gasteiger partial charge in [0.05, 0.1) is 44.6 Å². The van der Waals surface area contributed by atoms with E-state index in [1.807, 2.05) is 6.07 Å². The van der Waals surface area contributed by atoms with Crippen molar-refractivity contribution in [2.75, 3.05) is 5.32 Å². The van der Waals surface area contributed by atoms with Crippen molar-refractivity contribution in [3.05, 3.63) is 80.1 Å². The van der Waals surface area contributed by atoms with Crippen molar-refractivity contribution in [3.8, 4) is 11.3 Å². The summed E-state index contributed by atoms with van der Waals surface area (Å²) in [5.74, 6) is -1.71. The Balaban J connectivity index is 1.81. The molecule has 0 unspecified atom stereocenters. The number of para-hydroxylation sites is 1. The van der Waals surface area contributed by atoms with Crippen LogP contribution in [0.3, 0.4) is 0 Å². The molecule has 4 aromatic rings. The first-order valence-corrected chi connectivity index (χ1v) is 13.8. The van der Waals surface area contributed by atoms with E-state index in [4.69, 9.17) is 37.7 Å². The number of thiophene rings is 1. The first-order chi connectivity index (χ1) is 18.5. The molecule has 1 N–H and O–H groups in total. The average Bonchev–Trinajstić information content (AvgIpc) is 3.19. The first kappa shape index (κ1) is 28.5. The number of esters is 2. The van der Waals surface area contributed by atoms with Gasteiger partial charge in [0, 0.05) is 10.9 Å². The Morgan fingerprint density at radius 1 is 0.897 bits per heavy atom. The lowest BCUT2D eigenvalue weighted by Crippen LogP contribution is -2.17. The molecule has 0 aliphatic carbocycles. The molecule has 2 aromatic heterocycles. The number of amides is 1. The van der Waals surface area contributed by atoms with Crippen LogP contribution < -0.4 is 5.32 Å². The number of hydrogen-bond donors (Lipinski definition) is 1. The highest BCUT2D eigenvalue weighted by molar-refractivity contribution is 7.18. The molecule has 0 spiro atoms. The summed E-state index contributed by atoms with van der Waals surface area (Å²) in [6, 6.07) is 14.0. The number of carbonyl (C=O) groups excluding carboxylic acids is 3. The predicted molar refractivity (Wildman–Crippen MR) is 155 cm³/mol. The zero-order valence-electron chi connectivity index (χ0n) is 21.9. The lowest BCUT2D eigenvalue weighted by molar-refractivity contribution is 0.0378. The zero-order valence-corrected chi connectivity index (χ0v) is 24.3. The molecular weight excluding hydrogens is 559 g/mol. The molecule has 0 fully saturated rings. The van der Waals surface area contributed by atoms with Crippen molar-refractivity contribution in [1.82, 2.24) is 4.98 Å². The van der Waals surface area contributed by atoms with E-state index >= 15 is 0 Å².